The molecule has 0 radical (unpaired) electrons. The Morgan fingerprint density at radius 3 is 3.17 bits per heavy atom. The highest BCUT2D eigenvalue weighted by molar-refractivity contribution is 8.13. The first-order chi connectivity index (χ1) is 8.68. The number of nitrogens with one attached hydrogen (secondary N) is 2. The van der Waals surface area contributed by atoms with E-state index in [2.05, 4.69) is 20.2 Å². The number of carbonyl (C=O) groups excluding carboxylic acids is 1. The molecule has 18 heavy (non-hydrogen) atoms. The Morgan fingerprint density at radius 1 is 1.56 bits per heavy atom. The van der Waals surface area contributed by atoms with Crippen LogP contribution in [0, 0.1) is 0 Å². The van der Waals surface area contributed by atoms with Crippen LogP contribution in [-0.2, 0) is 4.79 Å². The van der Waals surface area contributed by atoms with Crippen LogP contribution in [0.5, 0.6) is 0 Å². The fourth-order valence-electron chi connectivity index (χ4n) is 1.48. The summed E-state index contributed by atoms with van der Waals surface area (Å²) in [4.78, 5) is 28.8. The summed E-state index contributed by atoms with van der Waals surface area (Å²) in [7, 11) is 0. The van der Waals surface area contributed by atoms with E-state index in [1.54, 1.807) is 13.0 Å². The van der Waals surface area contributed by atoms with Gasteiger partial charge in [0, 0.05) is 12.7 Å². The van der Waals surface area contributed by atoms with Gasteiger partial charge in [-0.15, -0.1) is 0 Å². The summed E-state index contributed by atoms with van der Waals surface area (Å²) in [6, 6.07) is 0. The number of hydrogen-bond donors (Lipinski definition) is 2. The molecule has 94 valence electrons. The molecule has 0 saturated carbocycles. The van der Waals surface area contributed by atoms with Crippen molar-refractivity contribution in [1.82, 2.24) is 20.2 Å². The van der Waals surface area contributed by atoms with Gasteiger partial charge in [0.1, 0.15) is 5.39 Å². The number of thioether (sulfide) groups is 1. The fourth-order valence-corrected chi connectivity index (χ4v) is 2.02. The molecule has 0 unspecified atom stereocenters. The van der Waals surface area contributed by atoms with E-state index in [-0.39, 0.29) is 10.7 Å². The van der Waals surface area contributed by atoms with Crippen molar-refractivity contribution in [1.29, 1.82) is 0 Å². The number of rotatable bonds is 4. The Morgan fingerprint density at radius 2 is 2.39 bits per heavy atom. The molecular formula is C11H12N4O2S. The fraction of sp³-hybridized carbons (Fsp3) is 0.273. The first-order valence-electron chi connectivity index (χ1n) is 5.40. The standard InChI is InChI=1S/C11H12N4O2S/c1-7(16)18-5-3-2-4-8-9-10(15-14-8)12-6-13-11(9)17/h2,4,6H,3,5H2,1H3,(H2,12,13,14,15,17). The van der Waals surface area contributed by atoms with Gasteiger partial charge >= 0.3 is 0 Å². The van der Waals surface area contributed by atoms with Gasteiger partial charge in [-0.3, -0.25) is 14.7 Å². The van der Waals surface area contributed by atoms with Crippen molar-refractivity contribution in [2.75, 3.05) is 5.75 Å². The van der Waals surface area contributed by atoms with Gasteiger partial charge in [-0.05, 0) is 12.5 Å². The zero-order valence-electron chi connectivity index (χ0n) is 9.77. The maximum absolute atomic E-state index is 11.6. The van der Waals surface area contributed by atoms with E-state index in [0.717, 1.165) is 12.2 Å². The lowest BCUT2D eigenvalue weighted by Crippen LogP contribution is -2.05. The molecule has 0 aromatic carbocycles. The van der Waals surface area contributed by atoms with E-state index < -0.39 is 0 Å². The molecule has 0 aliphatic rings. The SMILES string of the molecule is CC(=O)SCCC=Cc1[nH]nc2nc[nH]c(=O)c12. The van der Waals surface area contributed by atoms with Gasteiger partial charge in [0.05, 0.1) is 12.0 Å². The average Bonchev–Trinajstić information content (AvgIpc) is 2.73. The maximum Gasteiger partial charge on any atom is 0.262 e. The molecule has 2 heterocycles. The minimum atomic E-state index is -0.216. The highest BCUT2D eigenvalue weighted by atomic mass is 32.2. The second-order valence-corrected chi connectivity index (χ2v) is 4.87. The number of hydrogen-bond acceptors (Lipinski definition) is 5. The van der Waals surface area contributed by atoms with Crippen LogP contribution in [0.2, 0.25) is 0 Å². The molecule has 0 atom stereocenters. The van der Waals surface area contributed by atoms with Crippen molar-refractivity contribution in [3.05, 3.63) is 28.5 Å². The molecule has 2 aromatic rings. The summed E-state index contributed by atoms with van der Waals surface area (Å²) in [5.41, 5.74) is 0.815. The van der Waals surface area contributed by atoms with Gasteiger partial charge in [-0.2, -0.15) is 5.10 Å². The second kappa shape index (κ2) is 5.63. The Labute approximate surface area is 107 Å². The van der Waals surface area contributed by atoms with Crippen LogP contribution >= 0.6 is 11.8 Å². The number of aromatic nitrogens is 4. The molecule has 0 fully saturated rings. The predicted molar refractivity (Wildman–Crippen MR) is 71.3 cm³/mol. The summed E-state index contributed by atoms with van der Waals surface area (Å²) < 4.78 is 0. The summed E-state index contributed by atoms with van der Waals surface area (Å²) in [5, 5.41) is 7.26. The molecule has 7 heteroatoms. The maximum atomic E-state index is 11.6. The van der Waals surface area contributed by atoms with E-state index in [4.69, 9.17) is 0 Å². The predicted octanol–water partition coefficient (Wildman–Crippen LogP) is 1.33. The lowest BCUT2D eigenvalue weighted by atomic mass is 10.2. The van der Waals surface area contributed by atoms with E-state index in [0.29, 0.717) is 16.7 Å². The molecule has 0 bridgehead atoms. The van der Waals surface area contributed by atoms with Crippen LogP contribution in [0.1, 0.15) is 19.0 Å². The number of allylic oxidation sites excluding steroid dienone is 1. The first-order valence-corrected chi connectivity index (χ1v) is 6.38. The zero-order valence-corrected chi connectivity index (χ0v) is 10.6. The molecule has 2 aromatic heterocycles. The largest absolute Gasteiger partial charge is 0.312 e. The summed E-state index contributed by atoms with van der Waals surface area (Å²) in [6.07, 6.45) is 5.76. The smallest absolute Gasteiger partial charge is 0.262 e. The van der Waals surface area contributed by atoms with Gasteiger partial charge in [0.2, 0.25) is 0 Å². The van der Waals surface area contributed by atoms with Crippen LogP contribution in [0.3, 0.4) is 0 Å². The lowest BCUT2D eigenvalue weighted by molar-refractivity contribution is -0.109. The Balaban J connectivity index is 2.10. The first kappa shape index (κ1) is 12.6. The van der Waals surface area contributed by atoms with Crippen molar-refractivity contribution in [3.63, 3.8) is 0 Å². The van der Waals surface area contributed by atoms with E-state index in [9.17, 15) is 9.59 Å². The summed E-state index contributed by atoms with van der Waals surface area (Å²) >= 11 is 1.28. The Kier molecular flexibility index (Phi) is 3.93. The van der Waals surface area contributed by atoms with Crippen molar-refractivity contribution >= 4 is 34.0 Å². The van der Waals surface area contributed by atoms with Gasteiger partial charge in [0.25, 0.3) is 5.56 Å². The van der Waals surface area contributed by atoms with Crippen LogP contribution < -0.4 is 5.56 Å². The third-order valence-electron chi connectivity index (χ3n) is 2.26. The quantitative estimate of drug-likeness (QED) is 0.813. The average molecular weight is 264 g/mol. The minimum absolute atomic E-state index is 0.107. The number of H-pyrrole nitrogens is 2. The van der Waals surface area contributed by atoms with Gasteiger partial charge in [-0.25, -0.2) is 4.98 Å². The monoisotopic (exact) mass is 264 g/mol. The highest BCUT2D eigenvalue weighted by Gasteiger charge is 2.06. The van der Waals surface area contributed by atoms with Crippen molar-refractivity contribution in [3.8, 4) is 0 Å². The van der Waals surface area contributed by atoms with Crippen LogP contribution in [0.4, 0.5) is 0 Å². The molecule has 0 saturated heterocycles. The lowest BCUT2D eigenvalue weighted by Gasteiger charge is -1.91. The Hall–Kier alpha value is -1.89. The van der Waals surface area contributed by atoms with Crippen molar-refractivity contribution in [2.24, 2.45) is 0 Å². The molecule has 6 nitrogen and oxygen atoms in total. The van der Waals surface area contributed by atoms with Crippen molar-refractivity contribution < 1.29 is 4.79 Å². The minimum Gasteiger partial charge on any atom is -0.312 e. The van der Waals surface area contributed by atoms with E-state index >= 15 is 0 Å². The number of carbonyl (C=O) groups is 1. The van der Waals surface area contributed by atoms with E-state index in [1.165, 1.54) is 18.1 Å². The zero-order chi connectivity index (χ0) is 13.0. The second-order valence-electron chi connectivity index (χ2n) is 3.60. The number of nitrogens with zero attached hydrogens (tertiary/aromatic N) is 2. The third kappa shape index (κ3) is 2.86. The van der Waals surface area contributed by atoms with Crippen LogP contribution in [0.15, 0.2) is 17.2 Å². The third-order valence-corrected chi connectivity index (χ3v) is 3.11. The van der Waals surface area contributed by atoms with Crippen LogP contribution in [-0.4, -0.2) is 31.0 Å². The van der Waals surface area contributed by atoms with Crippen LogP contribution in [0.25, 0.3) is 17.1 Å². The molecule has 2 rings (SSSR count). The molecule has 0 amide bonds. The summed E-state index contributed by atoms with van der Waals surface area (Å²) in [6.45, 7) is 1.54. The normalized spacial score (nSPS) is 11.4. The molecule has 2 N–H and O–H groups in total. The summed E-state index contributed by atoms with van der Waals surface area (Å²) in [5.74, 6) is 0.729. The molecule has 0 aliphatic carbocycles. The van der Waals surface area contributed by atoms with Gasteiger partial charge in [-0.1, -0.05) is 17.8 Å². The number of aromatic amines is 2. The van der Waals surface area contributed by atoms with Gasteiger partial charge in [0.15, 0.2) is 10.8 Å². The molecule has 0 aliphatic heterocycles. The molecular weight excluding hydrogens is 252 g/mol. The van der Waals surface area contributed by atoms with Crippen molar-refractivity contribution in [2.45, 2.75) is 13.3 Å². The number of fused-ring (bicyclic) bond motifs is 1. The van der Waals surface area contributed by atoms with Gasteiger partial charge < -0.3 is 4.98 Å². The Bertz CT molecular complexity index is 644. The molecule has 0 spiro atoms. The van der Waals surface area contributed by atoms with E-state index in [1.807, 2.05) is 6.08 Å². The highest BCUT2D eigenvalue weighted by Crippen LogP contribution is 2.10. The topological polar surface area (TPSA) is 91.5 Å².